The van der Waals surface area contributed by atoms with Gasteiger partial charge in [-0.15, -0.1) is 0 Å². The summed E-state index contributed by atoms with van der Waals surface area (Å²) in [5.74, 6) is 2.08. The van der Waals surface area contributed by atoms with E-state index in [0.717, 1.165) is 31.6 Å². The minimum atomic E-state index is -0.402. The lowest BCUT2D eigenvalue weighted by atomic mass is 9.77. The van der Waals surface area contributed by atoms with Gasteiger partial charge in [0, 0.05) is 0 Å². The molecule has 4 heteroatoms. The van der Waals surface area contributed by atoms with Crippen LogP contribution in [-0.4, -0.2) is 10.1 Å². The van der Waals surface area contributed by atoms with Gasteiger partial charge >= 0.3 is 0 Å². The summed E-state index contributed by atoms with van der Waals surface area (Å²) in [6, 6.07) is 8.36. The SMILES string of the molecule is Cc1cccc(Cc2nc(C3(N)CCC(C)CC3)no2)c1. The van der Waals surface area contributed by atoms with E-state index < -0.39 is 5.54 Å². The zero-order valence-electron chi connectivity index (χ0n) is 12.8. The van der Waals surface area contributed by atoms with E-state index in [0.29, 0.717) is 18.1 Å². The molecule has 1 aromatic carbocycles. The molecule has 1 aliphatic rings. The molecule has 1 aliphatic carbocycles. The van der Waals surface area contributed by atoms with Crippen LogP contribution in [0.3, 0.4) is 0 Å². The number of benzene rings is 1. The van der Waals surface area contributed by atoms with Gasteiger partial charge < -0.3 is 10.3 Å². The maximum Gasteiger partial charge on any atom is 0.231 e. The Hall–Kier alpha value is -1.68. The lowest BCUT2D eigenvalue weighted by molar-refractivity contribution is 0.230. The summed E-state index contributed by atoms with van der Waals surface area (Å²) in [5.41, 5.74) is 8.51. The molecule has 1 fully saturated rings. The van der Waals surface area contributed by atoms with Gasteiger partial charge in [0.05, 0.1) is 12.0 Å². The average Bonchev–Trinajstić information content (AvgIpc) is 2.92. The van der Waals surface area contributed by atoms with Crippen molar-refractivity contribution in [3.8, 4) is 0 Å². The summed E-state index contributed by atoms with van der Waals surface area (Å²) in [4.78, 5) is 4.55. The monoisotopic (exact) mass is 285 g/mol. The van der Waals surface area contributed by atoms with Crippen LogP contribution < -0.4 is 5.73 Å². The highest BCUT2D eigenvalue weighted by Gasteiger charge is 2.36. The highest BCUT2D eigenvalue weighted by molar-refractivity contribution is 5.24. The number of nitrogens with two attached hydrogens (primary N) is 1. The van der Waals surface area contributed by atoms with Gasteiger partial charge in [0.2, 0.25) is 5.89 Å². The van der Waals surface area contributed by atoms with E-state index in [4.69, 9.17) is 10.3 Å². The van der Waals surface area contributed by atoms with Crippen molar-refractivity contribution in [2.45, 2.75) is 51.5 Å². The molecule has 0 spiro atoms. The molecule has 0 bridgehead atoms. The molecule has 0 aliphatic heterocycles. The van der Waals surface area contributed by atoms with Gasteiger partial charge in [0.1, 0.15) is 0 Å². The molecule has 2 aromatic rings. The van der Waals surface area contributed by atoms with Gasteiger partial charge in [-0.1, -0.05) is 41.9 Å². The van der Waals surface area contributed by atoms with E-state index in [1.54, 1.807) is 0 Å². The largest absolute Gasteiger partial charge is 0.339 e. The first-order valence-corrected chi connectivity index (χ1v) is 7.73. The molecule has 3 rings (SSSR count). The number of nitrogens with zero attached hydrogens (tertiary/aromatic N) is 2. The third-order valence-corrected chi connectivity index (χ3v) is 4.52. The number of aromatic nitrogens is 2. The third-order valence-electron chi connectivity index (χ3n) is 4.52. The minimum absolute atomic E-state index is 0.402. The third kappa shape index (κ3) is 3.16. The second kappa shape index (κ2) is 5.60. The Balaban J connectivity index is 1.74. The Kier molecular flexibility index (Phi) is 3.81. The van der Waals surface area contributed by atoms with Crippen LogP contribution in [0, 0.1) is 12.8 Å². The van der Waals surface area contributed by atoms with Crippen molar-refractivity contribution >= 4 is 0 Å². The van der Waals surface area contributed by atoms with Gasteiger partial charge in [-0.05, 0) is 44.1 Å². The summed E-state index contributed by atoms with van der Waals surface area (Å²) in [6.07, 6.45) is 4.83. The van der Waals surface area contributed by atoms with Gasteiger partial charge in [0.15, 0.2) is 5.82 Å². The molecule has 21 heavy (non-hydrogen) atoms. The number of hydrogen-bond donors (Lipinski definition) is 1. The van der Waals surface area contributed by atoms with Crippen molar-refractivity contribution < 1.29 is 4.52 Å². The smallest absolute Gasteiger partial charge is 0.231 e. The maximum atomic E-state index is 6.49. The summed E-state index contributed by atoms with van der Waals surface area (Å²) in [6.45, 7) is 4.36. The van der Waals surface area contributed by atoms with Crippen molar-refractivity contribution in [3.63, 3.8) is 0 Å². The Labute approximate surface area is 125 Å². The summed E-state index contributed by atoms with van der Waals surface area (Å²) >= 11 is 0. The van der Waals surface area contributed by atoms with Crippen LogP contribution in [-0.2, 0) is 12.0 Å². The van der Waals surface area contributed by atoms with E-state index in [1.807, 2.05) is 0 Å². The Morgan fingerprint density at radius 3 is 2.81 bits per heavy atom. The number of aryl methyl sites for hydroxylation is 1. The van der Waals surface area contributed by atoms with Crippen LogP contribution >= 0.6 is 0 Å². The molecular formula is C17H23N3O. The summed E-state index contributed by atoms with van der Waals surface area (Å²) in [7, 11) is 0. The topological polar surface area (TPSA) is 64.9 Å². The molecule has 112 valence electrons. The molecule has 0 radical (unpaired) electrons. The maximum absolute atomic E-state index is 6.49. The standard InChI is InChI=1S/C17H23N3O/c1-12-6-8-17(18,9-7-12)16-19-15(21-20-16)11-14-5-3-4-13(2)10-14/h3-5,10,12H,6-9,11,18H2,1-2H3. The predicted molar refractivity (Wildman–Crippen MR) is 81.8 cm³/mol. The first-order valence-electron chi connectivity index (χ1n) is 7.73. The van der Waals surface area contributed by atoms with Crippen LogP contribution in [0.2, 0.25) is 0 Å². The second-order valence-corrected chi connectivity index (χ2v) is 6.52. The van der Waals surface area contributed by atoms with E-state index in [9.17, 15) is 0 Å². The lowest BCUT2D eigenvalue weighted by Gasteiger charge is -2.33. The second-order valence-electron chi connectivity index (χ2n) is 6.52. The van der Waals surface area contributed by atoms with Crippen LogP contribution in [0.5, 0.6) is 0 Å². The van der Waals surface area contributed by atoms with Gasteiger partial charge in [0.25, 0.3) is 0 Å². The van der Waals surface area contributed by atoms with Crippen molar-refractivity contribution in [3.05, 3.63) is 47.1 Å². The first kappa shape index (κ1) is 14.3. The van der Waals surface area contributed by atoms with Gasteiger partial charge in [-0.25, -0.2) is 0 Å². The number of rotatable bonds is 3. The zero-order valence-corrected chi connectivity index (χ0v) is 12.8. The molecule has 2 N–H and O–H groups in total. The summed E-state index contributed by atoms with van der Waals surface area (Å²) < 4.78 is 5.41. The molecule has 0 atom stereocenters. The molecule has 1 aromatic heterocycles. The van der Waals surface area contributed by atoms with Crippen LogP contribution in [0.1, 0.15) is 55.4 Å². The first-order chi connectivity index (χ1) is 10.0. The fourth-order valence-corrected chi connectivity index (χ4v) is 3.03. The zero-order chi connectivity index (χ0) is 14.9. The van der Waals surface area contributed by atoms with E-state index in [2.05, 4.69) is 48.3 Å². The molecule has 0 amide bonds. The quantitative estimate of drug-likeness (QED) is 0.939. The highest BCUT2D eigenvalue weighted by atomic mass is 16.5. The van der Waals surface area contributed by atoms with E-state index >= 15 is 0 Å². The minimum Gasteiger partial charge on any atom is -0.339 e. The van der Waals surface area contributed by atoms with Gasteiger partial charge in [-0.3, -0.25) is 0 Å². The predicted octanol–water partition coefficient (Wildman–Crippen LogP) is 3.33. The normalized spacial score (nSPS) is 26.0. The van der Waals surface area contributed by atoms with Crippen molar-refractivity contribution in [1.29, 1.82) is 0 Å². The van der Waals surface area contributed by atoms with Crippen molar-refractivity contribution in [2.24, 2.45) is 11.7 Å². The van der Waals surface area contributed by atoms with E-state index in [1.165, 1.54) is 11.1 Å². The molecule has 0 saturated heterocycles. The van der Waals surface area contributed by atoms with Crippen molar-refractivity contribution in [1.82, 2.24) is 10.1 Å². The average molecular weight is 285 g/mol. The molecular weight excluding hydrogens is 262 g/mol. The van der Waals surface area contributed by atoms with E-state index in [-0.39, 0.29) is 0 Å². The summed E-state index contributed by atoms with van der Waals surface area (Å²) in [5, 5.41) is 4.14. The highest BCUT2D eigenvalue weighted by Crippen LogP contribution is 2.36. The Morgan fingerprint density at radius 1 is 1.33 bits per heavy atom. The van der Waals surface area contributed by atoms with Crippen LogP contribution in [0.15, 0.2) is 28.8 Å². The fourth-order valence-electron chi connectivity index (χ4n) is 3.03. The van der Waals surface area contributed by atoms with Crippen LogP contribution in [0.4, 0.5) is 0 Å². The van der Waals surface area contributed by atoms with Crippen molar-refractivity contribution in [2.75, 3.05) is 0 Å². The fraction of sp³-hybridized carbons (Fsp3) is 0.529. The Morgan fingerprint density at radius 2 is 2.10 bits per heavy atom. The number of hydrogen-bond acceptors (Lipinski definition) is 4. The molecule has 1 heterocycles. The molecule has 1 saturated carbocycles. The molecule has 4 nitrogen and oxygen atoms in total. The van der Waals surface area contributed by atoms with Crippen LogP contribution in [0.25, 0.3) is 0 Å². The van der Waals surface area contributed by atoms with Gasteiger partial charge in [-0.2, -0.15) is 4.98 Å². The molecule has 0 unspecified atom stereocenters. The Bertz CT molecular complexity index is 612. The lowest BCUT2D eigenvalue weighted by Crippen LogP contribution is -2.41.